The van der Waals surface area contributed by atoms with E-state index in [0.717, 1.165) is 41.6 Å². The fourth-order valence-electron chi connectivity index (χ4n) is 3.50. The van der Waals surface area contributed by atoms with Crippen molar-refractivity contribution in [3.63, 3.8) is 0 Å². The van der Waals surface area contributed by atoms with Gasteiger partial charge in [0.1, 0.15) is 17.3 Å². The second-order valence-corrected chi connectivity index (χ2v) is 6.77. The summed E-state index contributed by atoms with van der Waals surface area (Å²) in [6.07, 6.45) is 1.75. The van der Waals surface area contributed by atoms with Crippen molar-refractivity contribution in [1.82, 2.24) is 30.0 Å². The topological polar surface area (TPSA) is 90.6 Å². The first kappa shape index (κ1) is 16.5. The molecule has 1 aliphatic rings. The van der Waals surface area contributed by atoms with Crippen molar-refractivity contribution in [3.8, 4) is 11.4 Å². The molecule has 0 radical (unpaired) electrons. The molecule has 4 rings (SSSR count). The number of H-pyrrole nitrogens is 2. The molecule has 0 atom stereocenters. The minimum absolute atomic E-state index is 0.00726. The molecule has 1 fully saturated rings. The van der Waals surface area contributed by atoms with Crippen molar-refractivity contribution in [2.24, 2.45) is 0 Å². The summed E-state index contributed by atoms with van der Waals surface area (Å²) in [7, 11) is 0. The fourth-order valence-corrected chi connectivity index (χ4v) is 3.50. The normalized spacial score (nSPS) is 15.4. The van der Waals surface area contributed by atoms with Crippen molar-refractivity contribution in [3.05, 3.63) is 53.4 Å². The summed E-state index contributed by atoms with van der Waals surface area (Å²) in [6, 6.07) is 9.94. The molecule has 0 aliphatic carbocycles. The van der Waals surface area contributed by atoms with Gasteiger partial charge in [-0.3, -0.25) is 9.89 Å². The van der Waals surface area contributed by atoms with Gasteiger partial charge in [0, 0.05) is 30.3 Å². The fraction of sp³-hybridized carbons (Fsp3) is 0.368. The smallest absolute Gasteiger partial charge is 0.274 e. The van der Waals surface area contributed by atoms with E-state index in [-0.39, 0.29) is 5.91 Å². The lowest BCUT2D eigenvalue weighted by molar-refractivity contribution is 0.0705. The molecule has 3 heterocycles. The Hall–Kier alpha value is -2.96. The van der Waals surface area contributed by atoms with Crippen LogP contribution in [0.1, 0.15) is 46.6 Å². The molecule has 7 heteroatoms. The number of aryl methyl sites for hydroxylation is 2. The molecule has 1 aromatic carbocycles. The van der Waals surface area contributed by atoms with Gasteiger partial charge in [0.05, 0.1) is 0 Å². The highest BCUT2D eigenvalue weighted by molar-refractivity contribution is 5.93. The van der Waals surface area contributed by atoms with Crippen LogP contribution >= 0.6 is 0 Å². The monoisotopic (exact) mass is 350 g/mol. The number of amides is 1. The third kappa shape index (κ3) is 3.12. The Morgan fingerprint density at radius 1 is 1.12 bits per heavy atom. The van der Waals surface area contributed by atoms with Crippen LogP contribution in [-0.2, 0) is 0 Å². The van der Waals surface area contributed by atoms with Gasteiger partial charge in [0.15, 0.2) is 5.82 Å². The first-order valence-electron chi connectivity index (χ1n) is 8.92. The van der Waals surface area contributed by atoms with Crippen LogP contribution in [0.3, 0.4) is 0 Å². The predicted molar refractivity (Wildman–Crippen MR) is 97.8 cm³/mol. The second kappa shape index (κ2) is 6.74. The first-order valence-corrected chi connectivity index (χ1v) is 8.92. The van der Waals surface area contributed by atoms with E-state index in [2.05, 4.69) is 25.1 Å². The van der Waals surface area contributed by atoms with E-state index in [0.29, 0.717) is 24.7 Å². The number of nitrogens with zero attached hydrogens (tertiary/aromatic N) is 4. The molecule has 1 saturated heterocycles. The number of aromatic nitrogens is 5. The maximum atomic E-state index is 12.7. The second-order valence-electron chi connectivity index (χ2n) is 6.77. The van der Waals surface area contributed by atoms with Gasteiger partial charge in [-0.2, -0.15) is 5.10 Å². The number of carbonyl (C=O) groups is 1. The van der Waals surface area contributed by atoms with Crippen LogP contribution < -0.4 is 0 Å². The predicted octanol–water partition coefficient (Wildman–Crippen LogP) is 2.83. The van der Waals surface area contributed by atoms with Gasteiger partial charge >= 0.3 is 0 Å². The maximum absolute atomic E-state index is 12.7. The molecule has 1 aliphatic heterocycles. The highest BCUT2D eigenvalue weighted by Gasteiger charge is 2.28. The van der Waals surface area contributed by atoms with E-state index in [1.807, 2.05) is 49.1 Å². The van der Waals surface area contributed by atoms with Gasteiger partial charge in [0.2, 0.25) is 0 Å². The van der Waals surface area contributed by atoms with Gasteiger partial charge in [-0.05, 0) is 26.7 Å². The highest BCUT2D eigenvalue weighted by atomic mass is 16.2. The highest BCUT2D eigenvalue weighted by Crippen LogP contribution is 2.27. The minimum Gasteiger partial charge on any atom is -0.346 e. The Kier molecular flexibility index (Phi) is 4.28. The van der Waals surface area contributed by atoms with E-state index >= 15 is 0 Å². The molecule has 0 saturated carbocycles. The molecule has 0 spiro atoms. The van der Waals surface area contributed by atoms with Crippen LogP contribution in [0.5, 0.6) is 0 Å². The Morgan fingerprint density at radius 2 is 1.85 bits per heavy atom. The van der Waals surface area contributed by atoms with E-state index in [1.54, 1.807) is 0 Å². The number of likely N-dealkylation sites (tertiary alicyclic amines) is 1. The molecular weight excluding hydrogens is 328 g/mol. The van der Waals surface area contributed by atoms with Gasteiger partial charge in [0.25, 0.3) is 5.91 Å². The van der Waals surface area contributed by atoms with Crippen molar-refractivity contribution < 1.29 is 4.79 Å². The molecule has 2 N–H and O–H groups in total. The zero-order valence-electron chi connectivity index (χ0n) is 15.0. The third-order valence-electron chi connectivity index (χ3n) is 4.91. The molecule has 0 unspecified atom stereocenters. The number of piperidine rings is 1. The van der Waals surface area contributed by atoms with Gasteiger partial charge in [-0.1, -0.05) is 30.3 Å². The van der Waals surface area contributed by atoms with E-state index < -0.39 is 0 Å². The Labute approximate surface area is 151 Å². The Balaban J connectivity index is 1.42. The molecule has 0 bridgehead atoms. The zero-order valence-corrected chi connectivity index (χ0v) is 15.0. The minimum atomic E-state index is 0.00726. The first-order chi connectivity index (χ1) is 12.6. The lowest BCUT2D eigenvalue weighted by atomic mass is 9.96. The van der Waals surface area contributed by atoms with E-state index in [9.17, 15) is 4.79 Å². The van der Waals surface area contributed by atoms with Crippen molar-refractivity contribution in [2.75, 3.05) is 13.1 Å². The molecule has 1 amide bonds. The molecular formula is C19H22N6O. The quantitative estimate of drug-likeness (QED) is 0.760. The van der Waals surface area contributed by atoms with Crippen molar-refractivity contribution in [1.29, 1.82) is 0 Å². The molecule has 7 nitrogen and oxygen atoms in total. The molecule has 134 valence electrons. The summed E-state index contributed by atoms with van der Waals surface area (Å²) < 4.78 is 0. The van der Waals surface area contributed by atoms with Crippen LogP contribution in [0.25, 0.3) is 11.4 Å². The summed E-state index contributed by atoms with van der Waals surface area (Å²) in [5, 5.41) is 7.43. The number of imidazole rings is 1. The number of carbonyl (C=O) groups excluding carboxylic acids is 1. The van der Waals surface area contributed by atoms with Gasteiger partial charge in [-0.15, -0.1) is 0 Å². The lowest BCUT2D eigenvalue weighted by Crippen LogP contribution is -2.38. The summed E-state index contributed by atoms with van der Waals surface area (Å²) in [4.78, 5) is 26.6. The summed E-state index contributed by atoms with van der Waals surface area (Å²) in [5.74, 6) is 2.71. The maximum Gasteiger partial charge on any atom is 0.274 e. The van der Waals surface area contributed by atoms with Crippen LogP contribution in [-0.4, -0.2) is 49.0 Å². The van der Waals surface area contributed by atoms with Crippen molar-refractivity contribution in [2.45, 2.75) is 32.6 Å². The Bertz CT molecular complexity index is 905. The number of hydrogen-bond acceptors (Lipinski definition) is 4. The summed E-state index contributed by atoms with van der Waals surface area (Å²) in [5.41, 5.74) is 2.37. The van der Waals surface area contributed by atoms with Crippen LogP contribution in [0.15, 0.2) is 30.3 Å². The van der Waals surface area contributed by atoms with Crippen molar-refractivity contribution >= 4 is 5.91 Å². The standard InChI is InChI=1S/C19H22N6O/c1-12-16(21-13(2)20-12)19(26)25-10-8-15(9-11-25)18-22-17(23-24-18)14-6-4-3-5-7-14/h3-7,15H,8-11H2,1-2H3,(H,20,21)(H,22,23,24). The number of nitrogens with one attached hydrogen (secondary N) is 2. The summed E-state index contributed by atoms with van der Waals surface area (Å²) in [6.45, 7) is 5.16. The number of benzene rings is 1. The summed E-state index contributed by atoms with van der Waals surface area (Å²) >= 11 is 0. The largest absolute Gasteiger partial charge is 0.346 e. The zero-order chi connectivity index (χ0) is 18.1. The average Bonchev–Trinajstić information content (AvgIpc) is 3.29. The SMILES string of the molecule is Cc1nc(C(=O)N2CCC(c3nc(-c4ccccc4)n[nH]3)CC2)c(C)[nH]1. The van der Waals surface area contributed by atoms with Crippen LogP contribution in [0.2, 0.25) is 0 Å². The number of hydrogen-bond donors (Lipinski definition) is 2. The van der Waals surface area contributed by atoms with Crippen LogP contribution in [0.4, 0.5) is 0 Å². The third-order valence-corrected chi connectivity index (χ3v) is 4.91. The average molecular weight is 350 g/mol. The number of rotatable bonds is 3. The Morgan fingerprint density at radius 3 is 2.50 bits per heavy atom. The lowest BCUT2D eigenvalue weighted by Gasteiger charge is -2.30. The van der Waals surface area contributed by atoms with Gasteiger partial charge in [-0.25, -0.2) is 9.97 Å². The molecule has 3 aromatic rings. The molecule has 2 aromatic heterocycles. The van der Waals surface area contributed by atoms with E-state index in [4.69, 9.17) is 0 Å². The van der Waals surface area contributed by atoms with Gasteiger partial charge < -0.3 is 9.88 Å². The molecule has 26 heavy (non-hydrogen) atoms. The number of aromatic amines is 2. The van der Waals surface area contributed by atoms with E-state index in [1.165, 1.54) is 0 Å². The van der Waals surface area contributed by atoms with Crippen LogP contribution in [0, 0.1) is 13.8 Å².